The highest BCUT2D eigenvalue weighted by Gasteiger charge is 2.08. The molecule has 0 aliphatic carbocycles. The minimum atomic E-state index is 0.472. The zero-order valence-corrected chi connectivity index (χ0v) is 11.0. The molecule has 1 aliphatic heterocycles. The van der Waals surface area contributed by atoms with E-state index in [1.165, 1.54) is 51.7 Å². The molecule has 0 aromatic rings. The van der Waals surface area contributed by atoms with E-state index >= 15 is 0 Å². The van der Waals surface area contributed by atoms with Crippen LogP contribution < -0.4 is 5.32 Å². The summed E-state index contributed by atoms with van der Waals surface area (Å²) in [4.78, 5) is 2.60. The van der Waals surface area contributed by atoms with Crippen molar-refractivity contribution < 1.29 is 4.74 Å². The smallest absolute Gasteiger partial charge is 0.0613 e. The number of hydrogen-bond acceptors (Lipinski definition) is 3. The van der Waals surface area contributed by atoms with Crippen LogP contribution in [0.5, 0.6) is 0 Å². The number of likely N-dealkylation sites (tertiary alicyclic amines) is 1. The van der Waals surface area contributed by atoms with Gasteiger partial charge in [-0.15, -0.1) is 0 Å². The van der Waals surface area contributed by atoms with Gasteiger partial charge in [0.25, 0.3) is 0 Å². The third-order valence-corrected chi connectivity index (χ3v) is 3.29. The summed E-state index contributed by atoms with van der Waals surface area (Å²) in [5, 5.41) is 3.50. The van der Waals surface area contributed by atoms with Gasteiger partial charge in [-0.1, -0.05) is 19.3 Å². The average molecular weight is 228 g/mol. The third-order valence-electron chi connectivity index (χ3n) is 3.29. The summed E-state index contributed by atoms with van der Waals surface area (Å²) in [6.07, 6.45) is 7.05. The Bertz CT molecular complexity index is 156. The van der Waals surface area contributed by atoms with E-state index in [9.17, 15) is 0 Å². The number of nitrogens with one attached hydrogen (secondary N) is 1. The van der Waals surface area contributed by atoms with E-state index in [4.69, 9.17) is 4.74 Å². The predicted octanol–water partition coefficient (Wildman–Crippen LogP) is 1.88. The van der Waals surface area contributed by atoms with Crippen LogP contribution in [-0.4, -0.2) is 50.8 Å². The molecule has 0 aromatic carbocycles. The average Bonchev–Trinajstić information content (AvgIpc) is 2.21. The first-order valence-corrected chi connectivity index (χ1v) is 6.77. The van der Waals surface area contributed by atoms with Gasteiger partial charge >= 0.3 is 0 Å². The zero-order valence-electron chi connectivity index (χ0n) is 11.0. The molecule has 1 fully saturated rings. The van der Waals surface area contributed by atoms with E-state index in [1.807, 2.05) is 0 Å². The van der Waals surface area contributed by atoms with Gasteiger partial charge in [-0.25, -0.2) is 0 Å². The molecular formula is C13H28N2O. The Morgan fingerprint density at radius 2 is 1.75 bits per heavy atom. The van der Waals surface area contributed by atoms with Crippen molar-refractivity contribution in [3.05, 3.63) is 0 Å². The van der Waals surface area contributed by atoms with E-state index in [-0.39, 0.29) is 0 Å². The molecular weight excluding hydrogens is 200 g/mol. The van der Waals surface area contributed by atoms with Crippen LogP contribution in [0, 0.1) is 0 Å². The Hall–Kier alpha value is -0.120. The molecule has 0 spiro atoms. The molecule has 1 aliphatic rings. The molecule has 1 rings (SSSR count). The minimum absolute atomic E-state index is 0.472. The minimum Gasteiger partial charge on any atom is -0.383 e. The second kappa shape index (κ2) is 8.97. The summed E-state index contributed by atoms with van der Waals surface area (Å²) in [5.41, 5.74) is 0. The standard InChI is InChI=1S/C13H28N2O/c1-13(12-16-2)14-8-11-15-9-6-4-3-5-7-10-15/h13-14H,3-12H2,1-2H3. The fraction of sp³-hybridized carbons (Fsp3) is 1.00. The summed E-state index contributed by atoms with van der Waals surface area (Å²) in [5.74, 6) is 0. The van der Waals surface area contributed by atoms with Gasteiger partial charge in [-0.3, -0.25) is 0 Å². The molecule has 96 valence electrons. The van der Waals surface area contributed by atoms with Gasteiger partial charge in [0.05, 0.1) is 6.61 Å². The Kier molecular flexibility index (Phi) is 7.81. The monoisotopic (exact) mass is 228 g/mol. The van der Waals surface area contributed by atoms with Crippen LogP contribution in [0.3, 0.4) is 0 Å². The van der Waals surface area contributed by atoms with E-state index in [2.05, 4.69) is 17.1 Å². The molecule has 3 nitrogen and oxygen atoms in total. The number of hydrogen-bond donors (Lipinski definition) is 1. The molecule has 1 saturated heterocycles. The largest absolute Gasteiger partial charge is 0.383 e. The highest BCUT2D eigenvalue weighted by molar-refractivity contribution is 4.66. The third kappa shape index (κ3) is 6.46. The maximum absolute atomic E-state index is 5.11. The van der Waals surface area contributed by atoms with Crippen LogP contribution in [0.4, 0.5) is 0 Å². The molecule has 0 aromatic heterocycles. The lowest BCUT2D eigenvalue weighted by Gasteiger charge is -2.25. The van der Waals surface area contributed by atoms with E-state index in [1.54, 1.807) is 7.11 Å². The van der Waals surface area contributed by atoms with Gasteiger partial charge in [-0.05, 0) is 32.9 Å². The van der Waals surface area contributed by atoms with Gasteiger partial charge < -0.3 is 15.0 Å². The van der Waals surface area contributed by atoms with Crippen molar-refractivity contribution in [2.75, 3.05) is 39.9 Å². The van der Waals surface area contributed by atoms with Crippen LogP contribution in [0.1, 0.15) is 39.0 Å². The Labute approximate surface area is 101 Å². The molecule has 3 heteroatoms. The molecule has 1 N–H and O–H groups in total. The molecule has 0 bridgehead atoms. The maximum Gasteiger partial charge on any atom is 0.0613 e. The lowest BCUT2D eigenvalue weighted by atomic mass is 10.1. The topological polar surface area (TPSA) is 24.5 Å². The van der Waals surface area contributed by atoms with E-state index in [0.29, 0.717) is 6.04 Å². The van der Waals surface area contributed by atoms with E-state index < -0.39 is 0 Å². The summed E-state index contributed by atoms with van der Waals surface area (Å²) < 4.78 is 5.11. The highest BCUT2D eigenvalue weighted by atomic mass is 16.5. The van der Waals surface area contributed by atoms with Gasteiger partial charge in [0.2, 0.25) is 0 Å². The quantitative estimate of drug-likeness (QED) is 0.751. The number of methoxy groups -OCH3 is 1. The van der Waals surface area contributed by atoms with Gasteiger partial charge in [0, 0.05) is 26.2 Å². The highest BCUT2D eigenvalue weighted by Crippen LogP contribution is 2.09. The SMILES string of the molecule is COCC(C)NCCN1CCCCCCC1. The Morgan fingerprint density at radius 1 is 1.12 bits per heavy atom. The molecule has 0 radical (unpaired) electrons. The summed E-state index contributed by atoms with van der Waals surface area (Å²) >= 11 is 0. The van der Waals surface area contributed by atoms with Crippen molar-refractivity contribution in [3.8, 4) is 0 Å². The summed E-state index contributed by atoms with van der Waals surface area (Å²) in [6.45, 7) is 7.84. The lowest BCUT2D eigenvalue weighted by Crippen LogP contribution is -2.38. The Morgan fingerprint density at radius 3 is 2.38 bits per heavy atom. The van der Waals surface area contributed by atoms with Crippen molar-refractivity contribution in [1.29, 1.82) is 0 Å². The number of ether oxygens (including phenoxy) is 1. The van der Waals surface area contributed by atoms with Crippen LogP contribution in [0.2, 0.25) is 0 Å². The van der Waals surface area contributed by atoms with Crippen molar-refractivity contribution in [2.24, 2.45) is 0 Å². The molecule has 0 saturated carbocycles. The first-order valence-electron chi connectivity index (χ1n) is 6.77. The second-order valence-electron chi connectivity index (χ2n) is 4.92. The van der Waals surface area contributed by atoms with Gasteiger partial charge in [-0.2, -0.15) is 0 Å². The number of rotatable bonds is 6. The maximum atomic E-state index is 5.11. The molecule has 1 unspecified atom stereocenters. The van der Waals surface area contributed by atoms with E-state index in [0.717, 1.165) is 13.2 Å². The van der Waals surface area contributed by atoms with Crippen LogP contribution in [0.25, 0.3) is 0 Å². The summed E-state index contributed by atoms with van der Waals surface area (Å²) in [6, 6.07) is 0.472. The van der Waals surface area contributed by atoms with Crippen molar-refractivity contribution in [2.45, 2.75) is 45.1 Å². The fourth-order valence-electron chi connectivity index (χ4n) is 2.31. The zero-order chi connectivity index (χ0) is 11.6. The fourth-order valence-corrected chi connectivity index (χ4v) is 2.31. The second-order valence-corrected chi connectivity index (χ2v) is 4.92. The van der Waals surface area contributed by atoms with Gasteiger partial charge in [0.1, 0.15) is 0 Å². The number of nitrogens with zero attached hydrogens (tertiary/aromatic N) is 1. The van der Waals surface area contributed by atoms with Crippen LogP contribution in [0.15, 0.2) is 0 Å². The first-order chi connectivity index (χ1) is 7.83. The Balaban J connectivity index is 2.05. The molecule has 1 atom stereocenters. The normalized spacial score (nSPS) is 21.4. The first kappa shape index (κ1) is 13.9. The van der Waals surface area contributed by atoms with Crippen molar-refractivity contribution in [1.82, 2.24) is 10.2 Å². The lowest BCUT2D eigenvalue weighted by molar-refractivity contribution is 0.168. The summed E-state index contributed by atoms with van der Waals surface area (Å²) in [7, 11) is 1.76. The molecule has 1 heterocycles. The molecule has 0 amide bonds. The van der Waals surface area contributed by atoms with Gasteiger partial charge in [0.15, 0.2) is 0 Å². The van der Waals surface area contributed by atoms with Crippen LogP contribution in [-0.2, 0) is 4.74 Å². The predicted molar refractivity (Wildman–Crippen MR) is 68.9 cm³/mol. The van der Waals surface area contributed by atoms with Crippen molar-refractivity contribution >= 4 is 0 Å². The van der Waals surface area contributed by atoms with Crippen molar-refractivity contribution in [3.63, 3.8) is 0 Å². The molecule has 16 heavy (non-hydrogen) atoms. The van der Waals surface area contributed by atoms with Crippen LogP contribution >= 0.6 is 0 Å².